The van der Waals surface area contributed by atoms with Gasteiger partial charge in [0.05, 0.1) is 17.5 Å². The lowest BCUT2D eigenvalue weighted by atomic mass is 10.3. The Balaban J connectivity index is 1.33. The summed E-state index contributed by atoms with van der Waals surface area (Å²) in [6.07, 6.45) is 3.49. The fraction of sp³-hybridized carbons (Fsp3) is 0.250. The topological polar surface area (TPSA) is 104 Å². The molecule has 10 heteroatoms. The highest BCUT2D eigenvalue weighted by Gasteiger charge is 2.15. The molecule has 1 aliphatic heterocycles. The average Bonchev–Trinajstić information content (AvgIpc) is 3.38. The number of nitrogens with zero attached hydrogens (tertiary/aromatic N) is 4. The first-order valence-corrected chi connectivity index (χ1v) is 8.88. The number of fused-ring (bicyclic) bond motifs is 1. The van der Waals surface area contributed by atoms with Gasteiger partial charge in [-0.15, -0.1) is 10.2 Å². The minimum absolute atomic E-state index is 0.143. The van der Waals surface area contributed by atoms with Crippen LogP contribution in [-0.2, 0) is 11.3 Å². The van der Waals surface area contributed by atoms with Crippen LogP contribution in [0, 0.1) is 0 Å². The number of aromatic nitrogens is 4. The maximum absolute atomic E-state index is 12.1. The van der Waals surface area contributed by atoms with Crippen LogP contribution in [0.4, 0.5) is 5.69 Å². The highest BCUT2D eigenvalue weighted by molar-refractivity contribution is 7.99. The maximum Gasteiger partial charge on any atom is 0.277 e. The molecule has 2 aromatic heterocycles. The van der Waals surface area contributed by atoms with Gasteiger partial charge in [-0.3, -0.25) is 9.48 Å². The highest BCUT2D eigenvalue weighted by Crippen LogP contribution is 2.34. The predicted octanol–water partition coefficient (Wildman–Crippen LogP) is 2.41. The second kappa shape index (κ2) is 7.08. The lowest BCUT2D eigenvalue weighted by molar-refractivity contribution is -0.113. The Hall–Kier alpha value is -3.01. The summed E-state index contributed by atoms with van der Waals surface area (Å²) in [7, 11) is 0. The van der Waals surface area contributed by atoms with Crippen LogP contribution >= 0.6 is 11.8 Å². The second-order valence-corrected chi connectivity index (χ2v) is 6.29. The molecule has 26 heavy (non-hydrogen) atoms. The SMILES string of the molecule is CCn1cc(-c2nnc(SCC(=O)Nc3ccc4c(c3)OCO4)o2)cn1. The number of hydrogen-bond donors (Lipinski definition) is 1. The van der Waals surface area contributed by atoms with Crippen molar-refractivity contribution in [3.8, 4) is 23.0 Å². The smallest absolute Gasteiger partial charge is 0.277 e. The fourth-order valence-corrected chi connectivity index (χ4v) is 2.89. The number of carbonyl (C=O) groups excluding carboxylic acids is 1. The summed E-state index contributed by atoms with van der Waals surface area (Å²) in [6, 6.07) is 5.24. The summed E-state index contributed by atoms with van der Waals surface area (Å²) < 4.78 is 17.9. The van der Waals surface area contributed by atoms with Crippen LogP contribution in [0.25, 0.3) is 11.5 Å². The number of aryl methyl sites for hydroxylation is 1. The minimum atomic E-state index is -0.188. The molecule has 1 aromatic carbocycles. The maximum atomic E-state index is 12.1. The van der Waals surface area contributed by atoms with Gasteiger partial charge in [0, 0.05) is 24.5 Å². The molecule has 0 radical (unpaired) electrons. The predicted molar refractivity (Wildman–Crippen MR) is 93.1 cm³/mol. The molecule has 3 aromatic rings. The zero-order valence-electron chi connectivity index (χ0n) is 13.8. The van der Waals surface area contributed by atoms with Crippen LogP contribution in [0.2, 0.25) is 0 Å². The van der Waals surface area contributed by atoms with E-state index >= 15 is 0 Å². The number of anilines is 1. The van der Waals surface area contributed by atoms with E-state index in [0.717, 1.165) is 12.1 Å². The van der Waals surface area contributed by atoms with Crippen molar-refractivity contribution in [2.75, 3.05) is 17.9 Å². The molecule has 0 fully saturated rings. The number of hydrogen-bond acceptors (Lipinski definition) is 8. The fourth-order valence-electron chi connectivity index (χ4n) is 2.33. The van der Waals surface area contributed by atoms with Crippen LogP contribution < -0.4 is 14.8 Å². The Labute approximate surface area is 152 Å². The van der Waals surface area contributed by atoms with E-state index in [1.54, 1.807) is 29.1 Å². The number of carbonyl (C=O) groups is 1. The standard InChI is InChI=1S/C16H15N5O4S/c1-2-21-7-10(6-17-21)15-19-20-16(25-15)26-8-14(22)18-11-3-4-12-13(5-11)24-9-23-12/h3-7H,2,8-9H2,1H3,(H,18,22). The Morgan fingerprint density at radius 1 is 1.31 bits per heavy atom. The van der Waals surface area contributed by atoms with Crippen molar-refractivity contribution < 1.29 is 18.7 Å². The highest BCUT2D eigenvalue weighted by atomic mass is 32.2. The van der Waals surface area contributed by atoms with E-state index in [2.05, 4.69) is 20.6 Å². The van der Waals surface area contributed by atoms with Gasteiger partial charge in [0.25, 0.3) is 11.1 Å². The van der Waals surface area contributed by atoms with E-state index in [-0.39, 0.29) is 18.5 Å². The second-order valence-electron chi connectivity index (χ2n) is 5.36. The Morgan fingerprint density at radius 2 is 2.19 bits per heavy atom. The van der Waals surface area contributed by atoms with Crippen molar-refractivity contribution in [3.63, 3.8) is 0 Å². The van der Waals surface area contributed by atoms with Gasteiger partial charge in [0.2, 0.25) is 12.7 Å². The van der Waals surface area contributed by atoms with Gasteiger partial charge in [-0.25, -0.2) is 0 Å². The first-order valence-electron chi connectivity index (χ1n) is 7.90. The van der Waals surface area contributed by atoms with Crippen LogP contribution in [0.15, 0.2) is 40.2 Å². The number of ether oxygens (including phenoxy) is 2. The summed E-state index contributed by atoms with van der Waals surface area (Å²) in [5.74, 6) is 1.62. The molecule has 4 rings (SSSR count). The third kappa shape index (κ3) is 3.49. The summed E-state index contributed by atoms with van der Waals surface area (Å²) in [5, 5.41) is 15.2. The van der Waals surface area contributed by atoms with Gasteiger partial charge in [-0.2, -0.15) is 5.10 Å². The van der Waals surface area contributed by atoms with Crippen molar-refractivity contribution in [1.82, 2.24) is 20.0 Å². The quantitative estimate of drug-likeness (QED) is 0.657. The van der Waals surface area contributed by atoms with Gasteiger partial charge < -0.3 is 19.2 Å². The Morgan fingerprint density at radius 3 is 3.04 bits per heavy atom. The number of amides is 1. The van der Waals surface area contributed by atoms with Crippen molar-refractivity contribution in [1.29, 1.82) is 0 Å². The normalized spacial score (nSPS) is 12.3. The molecule has 0 saturated carbocycles. The van der Waals surface area contributed by atoms with Gasteiger partial charge in [0.1, 0.15) is 0 Å². The number of rotatable bonds is 6. The molecule has 9 nitrogen and oxygen atoms in total. The van der Waals surface area contributed by atoms with Crippen molar-refractivity contribution in [3.05, 3.63) is 30.6 Å². The van der Waals surface area contributed by atoms with E-state index in [1.807, 2.05) is 13.1 Å². The Bertz CT molecular complexity index is 938. The van der Waals surface area contributed by atoms with Gasteiger partial charge in [-0.1, -0.05) is 11.8 Å². The van der Waals surface area contributed by atoms with E-state index in [4.69, 9.17) is 13.9 Å². The largest absolute Gasteiger partial charge is 0.454 e. The van der Waals surface area contributed by atoms with Crippen LogP contribution in [0.5, 0.6) is 11.5 Å². The van der Waals surface area contributed by atoms with Crippen LogP contribution in [0.3, 0.4) is 0 Å². The summed E-state index contributed by atoms with van der Waals surface area (Å²) in [4.78, 5) is 12.1. The molecule has 0 bridgehead atoms. The van der Waals surface area contributed by atoms with E-state index < -0.39 is 0 Å². The number of thioether (sulfide) groups is 1. The number of nitrogens with one attached hydrogen (secondary N) is 1. The van der Waals surface area contributed by atoms with Crippen molar-refractivity contribution >= 4 is 23.4 Å². The van der Waals surface area contributed by atoms with E-state index in [1.165, 1.54) is 11.8 Å². The van der Waals surface area contributed by atoms with Crippen molar-refractivity contribution in [2.24, 2.45) is 0 Å². The Kier molecular flexibility index (Phi) is 4.48. The lowest BCUT2D eigenvalue weighted by Gasteiger charge is -2.04. The monoisotopic (exact) mass is 373 g/mol. The first-order chi connectivity index (χ1) is 12.7. The average molecular weight is 373 g/mol. The molecule has 1 amide bonds. The third-order valence-corrected chi connectivity index (χ3v) is 4.41. The zero-order chi connectivity index (χ0) is 17.9. The molecule has 1 N–H and O–H groups in total. The minimum Gasteiger partial charge on any atom is -0.454 e. The first kappa shape index (κ1) is 16.5. The molecule has 134 valence electrons. The summed E-state index contributed by atoms with van der Waals surface area (Å²) in [6.45, 7) is 2.94. The molecule has 1 aliphatic rings. The molecular formula is C16H15N5O4S. The van der Waals surface area contributed by atoms with Gasteiger partial charge in [-0.05, 0) is 19.1 Å². The van der Waals surface area contributed by atoms with Crippen molar-refractivity contribution in [2.45, 2.75) is 18.7 Å². The summed E-state index contributed by atoms with van der Waals surface area (Å²) in [5.41, 5.74) is 1.38. The molecular weight excluding hydrogens is 358 g/mol. The molecule has 0 unspecified atom stereocenters. The number of benzene rings is 1. The molecule has 0 atom stereocenters. The molecule has 3 heterocycles. The molecule has 0 spiro atoms. The van der Waals surface area contributed by atoms with E-state index in [0.29, 0.717) is 28.3 Å². The van der Waals surface area contributed by atoms with Crippen LogP contribution in [0.1, 0.15) is 6.92 Å². The molecule has 0 aliphatic carbocycles. The molecule has 0 saturated heterocycles. The summed E-state index contributed by atoms with van der Waals surface area (Å²) >= 11 is 1.17. The van der Waals surface area contributed by atoms with Gasteiger partial charge >= 0.3 is 0 Å². The van der Waals surface area contributed by atoms with Gasteiger partial charge in [0.15, 0.2) is 11.5 Å². The zero-order valence-corrected chi connectivity index (χ0v) is 14.7. The van der Waals surface area contributed by atoms with E-state index in [9.17, 15) is 4.79 Å². The van der Waals surface area contributed by atoms with Crippen LogP contribution in [-0.4, -0.2) is 38.4 Å². The lowest BCUT2D eigenvalue weighted by Crippen LogP contribution is -2.13. The third-order valence-electron chi connectivity index (χ3n) is 3.59.